The number of hydrogen-bond acceptors (Lipinski definition) is 5. The van der Waals surface area contributed by atoms with Gasteiger partial charge in [-0.2, -0.15) is 0 Å². The number of ether oxygens (including phenoxy) is 4. The highest BCUT2D eigenvalue weighted by Crippen LogP contribution is 2.29. The van der Waals surface area contributed by atoms with Crippen LogP contribution in [0.25, 0.3) is 0 Å². The smallest absolute Gasteiger partial charge is 0.122 e. The average molecular weight is 305 g/mol. The average Bonchev–Trinajstić information content (AvgIpc) is 3.37. The molecule has 5 nitrogen and oxygen atoms in total. The van der Waals surface area contributed by atoms with Crippen LogP contribution in [0.1, 0.15) is 12.5 Å². The minimum absolute atomic E-state index is 0.292. The molecule has 0 amide bonds. The molecule has 3 aliphatic heterocycles. The third-order valence-corrected chi connectivity index (χ3v) is 4.27. The van der Waals surface area contributed by atoms with Crippen molar-refractivity contribution in [3.8, 4) is 5.75 Å². The SMILES string of the molecule is CCc1cc(N(CC2CO2)CC2CO2)ccc1OCC1CO1. The molecule has 3 saturated heterocycles. The van der Waals surface area contributed by atoms with Crippen LogP contribution >= 0.6 is 0 Å². The second kappa shape index (κ2) is 6.07. The summed E-state index contributed by atoms with van der Waals surface area (Å²) in [4.78, 5) is 2.38. The quantitative estimate of drug-likeness (QED) is 0.649. The van der Waals surface area contributed by atoms with Crippen molar-refractivity contribution < 1.29 is 18.9 Å². The van der Waals surface area contributed by atoms with Crippen molar-refractivity contribution in [2.45, 2.75) is 31.7 Å². The van der Waals surface area contributed by atoms with Gasteiger partial charge in [0.05, 0.1) is 32.0 Å². The van der Waals surface area contributed by atoms with E-state index in [1.807, 2.05) is 0 Å². The van der Waals surface area contributed by atoms with Gasteiger partial charge in [0.15, 0.2) is 0 Å². The Balaban J connectivity index is 1.47. The van der Waals surface area contributed by atoms with Crippen molar-refractivity contribution in [1.29, 1.82) is 0 Å². The van der Waals surface area contributed by atoms with Gasteiger partial charge in [-0.3, -0.25) is 0 Å². The van der Waals surface area contributed by atoms with Crippen molar-refractivity contribution in [1.82, 2.24) is 0 Å². The first-order chi connectivity index (χ1) is 10.8. The topological polar surface area (TPSA) is 50.1 Å². The largest absolute Gasteiger partial charge is 0.491 e. The van der Waals surface area contributed by atoms with Crippen LogP contribution in [0.5, 0.6) is 5.75 Å². The first kappa shape index (κ1) is 14.3. The lowest BCUT2D eigenvalue weighted by Crippen LogP contribution is -2.31. The molecule has 0 radical (unpaired) electrons. The fraction of sp³-hybridized carbons (Fsp3) is 0.647. The molecular formula is C17H23NO4. The number of epoxide rings is 3. The summed E-state index contributed by atoms with van der Waals surface area (Å²) >= 11 is 0. The summed E-state index contributed by atoms with van der Waals surface area (Å²) in [6, 6.07) is 6.48. The van der Waals surface area contributed by atoms with Gasteiger partial charge in [-0.25, -0.2) is 0 Å². The van der Waals surface area contributed by atoms with Crippen molar-refractivity contribution >= 4 is 5.69 Å². The highest BCUT2D eigenvalue weighted by Gasteiger charge is 2.31. The molecule has 4 rings (SSSR count). The second-order valence-corrected chi connectivity index (χ2v) is 6.23. The standard InChI is InChI=1S/C17H23NO4/c1-2-12-5-13(3-4-17(12)22-11-16-10-21-16)18(6-14-8-19-14)7-15-9-20-15/h3-5,14-16H,2,6-11H2,1H3. The molecule has 5 heteroatoms. The van der Waals surface area contributed by atoms with Gasteiger partial charge < -0.3 is 23.8 Å². The molecule has 0 N–H and O–H groups in total. The van der Waals surface area contributed by atoms with Crippen LogP contribution in [0.15, 0.2) is 18.2 Å². The lowest BCUT2D eigenvalue weighted by atomic mass is 10.1. The number of anilines is 1. The van der Waals surface area contributed by atoms with Gasteiger partial charge >= 0.3 is 0 Å². The first-order valence-electron chi connectivity index (χ1n) is 8.17. The van der Waals surface area contributed by atoms with Crippen LogP contribution in [0, 0.1) is 0 Å². The Kier molecular flexibility index (Phi) is 3.94. The van der Waals surface area contributed by atoms with E-state index < -0.39 is 0 Å². The van der Waals surface area contributed by atoms with Gasteiger partial charge in [0.2, 0.25) is 0 Å². The van der Waals surface area contributed by atoms with E-state index in [0.717, 1.165) is 45.1 Å². The van der Waals surface area contributed by atoms with Crippen molar-refractivity contribution in [3.63, 3.8) is 0 Å². The maximum Gasteiger partial charge on any atom is 0.122 e. The Morgan fingerprint density at radius 1 is 1.05 bits per heavy atom. The Morgan fingerprint density at radius 3 is 2.23 bits per heavy atom. The Bertz CT molecular complexity index is 509. The molecular weight excluding hydrogens is 282 g/mol. The van der Waals surface area contributed by atoms with E-state index >= 15 is 0 Å². The van der Waals surface area contributed by atoms with Gasteiger partial charge in [-0.05, 0) is 30.2 Å². The van der Waals surface area contributed by atoms with E-state index in [2.05, 4.69) is 30.0 Å². The van der Waals surface area contributed by atoms with Crippen molar-refractivity contribution in [2.24, 2.45) is 0 Å². The molecule has 3 atom stereocenters. The summed E-state index contributed by atoms with van der Waals surface area (Å²) in [5.41, 5.74) is 2.48. The predicted octanol–water partition coefficient (Wildman–Crippen LogP) is 1.63. The number of nitrogens with zero attached hydrogens (tertiary/aromatic N) is 1. The van der Waals surface area contributed by atoms with E-state index in [-0.39, 0.29) is 0 Å². The zero-order chi connectivity index (χ0) is 14.9. The predicted molar refractivity (Wildman–Crippen MR) is 82.7 cm³/mol. The van der Waals surface area contributed by atoms with Gasteiger partial charge in [0.1, 0.15) is 18.5 Å². The minimum atomic E-state index is 0.292. The maximum atomic E-state index is 5.88. The number of rotatable bonds is 9. The molecule has 1 aromatic carbocycles. The highest BCUT2D eigenvalue weighted by atomic mass is 16.6. The molecule has 0 bridgehead atoms. The first-order valence-corrected chi connectivity index (χ1v) is 8.17. The molecule has 0 spiro atoms. The molecule has 0 saturated carbocycles. The van der Waals surface area contributed by atoms with Gasteiger partial charge in [0, 0.05) is 18.8 Å². The third-order valence-electron chi connectivity index (χ3n) is 4.27. The maximum absolute atomic E-state index is 5.88. The van der Waals surface area contributed by atoms with Crippen molar-refractivity contribution in [2.75, 3.05) is 44.4 Å². The summed E-state index contributed by atoms with van der Waals surface area (Å²) in [5, 5.41) is 0. The van der Waals surface area contributed by atoms with E-state index in [9.17, 15) is 0 Å². The summed E-state index contributed by atoms with van der Waals surface area (Å²) < 4.78 is 21.9. The second-order valence-electron chi connectivity index (χ2n) is 6.23. The molecule has 3 heterocycles. The molecule has 0 aliphatic carbocycles. The van der Waals surface area contributed by atoms with E-state index in [1.54, 1.807) is 0 Å². The zero-order valence-electron chi connectivity index (χ0n) is 13.0. The fourth-order valence-electron chi connectivity index (χ4n) is 2.65. The molecule has 120 valence electrons. The Hall–Kier alpha value is -1.30. The van der Waals surface area contributed by atoms with Crippen molar-refractivity contribution in [3.05, 3.63) is 23.8 Å². The Labute approximate surface area is 131 Å². The number of benzene rings is 1. The van der Waals surface area contributed by atoms with Crippen LogP contribution in [0.4, 0.5) is 5.69 Å². The molecule has 3 fully saturated rings. The summed E-state index contributed by atoms with van der Waals surface area (Å²) in [6.45, 7) is 7.30. The van der Waals surface area contributed by atoms with Crippen LogP contribution in [0.3, 0.4) is 0 Å². The monoisotopic (exact) mass is 305 g/mol. The Morgan fingerprint density at radius 2 is 1.68 bits per heavy atom. The molecule has 22 heavy (non-hydrogen) atoms. The lowest BCUT2D eigenvalue weighted by molar-refractivity contribution is 0.261. The molecule has 3 unspecified atom stereocenters. The van der Waals surface area contributed by atoms with E-state index in [1.165, 1.54) is 11.3 Å². The zero-order valence-corrected chi connectivity index (χ0v) is 13.0. The summed E-state index contributed by atoms with van der Waals surface area (Å²) in [6.07, 6.45) is 2.01. The minimum Gasteiger partial charge on any atom is -0.491 e. The molecule has 0 aromatic heterocycles. The summed E-state index contributed by atoms with van der Waals surface area (Å²) in [7, 11) is 0. The van der Waals surface area contributed by atoms with Gasteiger partial charge in [-0.1, -0.05) is 6.92 Å². The lowest BCUT2D eigenvalue weighted by Gasteiger charge is -2.24. The van der Waals surface area contributed by atoms with Crippen LogP contribution in [-0.4, -0.2) is 57.8 Å². The van der Waals surface area contributed by atoms with Gasteiger partial charge in [-0.15, -0.1) is 0 Å². The fourth-order valence-corrected chi connectivity index (χ4v) is 2.65. The van der Waals surface area contributed by atoms with Crippen LogP contribution < -0.4 is 9.64 Å². The van der Waals surface area contributed by atoms with E-state index in [0.29, 0.717) is 24.9 Å². The summed E-state index contributed by atoms with van der Waals surface area (Å²) in [5.74, 6) is 0.979. The number of aryl methyl sites for hydroxylation is 1. The number of hydrogen-bond donors (Lipinski definition) is 0. The van der Waals surface area contributed by atoms with Gasteiger partial charge in [0.25, 0.3) is 0 Å². The normalized spacial score (nSPS) is 28.3. The van der Waals surface area contributed by atoms with Crippen LogP contribution in [0.2, 0.25) is 0 Å². The molecule has 1 aromatic rings. The van der Waals surface area contributed by atoms with E-state index in [4.69, 9.17) is 18.9 Å². The third kappa shape index (κ3) is 3.72. The van der Waals surface area contributed by atoms with Crippen LogP contribution in [-0.2, 0) is 20.6 Å². The highest BCUT2D eigenvalue weighted by molar-refractivity contribution is 5.54. The molecule has 3 aliphatic rings.